The van der Waals surface area contributed by atoms with Gasteiger partial charge in [-0.15, -0.1) is 11.8 Å². The number of thiazole rings is 1. The average molecular weight is 446 g/mol. The van der Waals surface area contributed by atoms with Gasteiger partial charge in [0.2, 0.25) is 0 Å². The van der Waals surface area contributed by atoms with E-state index in [1.165, 1.54) is 22.9 Å². The van der Waals surface area contributed by atoms with E-state index < -0.39 is 5.97 Å². The predicted molar refractivity (Wildman–Crippen MR) is 127 cm³/mol. The molecule has 1 aromatic heterocycles. The van der Waals surface area contributed by atoms with Gasteiger partial charge in [-0.25, -0.2) is 4.98 Å². The van der Waals surface area contributed by atoms with Gasteiger partial charge in [0.05, 0.1) is 15.6 Å². The number of carboxylic acids is 1. The van der Waals surface area contributed by atoms with Crippen LogP contribution in [0, 0.1) is 0 Å². The molecule has 0 aliphatic carbocycles. The summed E-state index contributed by atoms with van der Waals surface area (Å²) in [4.78, 5) is 15.2. The van der Waals surface area contributed by atoms with Crippen LogP contribution in [0.5, 0.6) is 0 Å². The maximum atomic E-state index is 11.0. The van der Waals surface area contributed by atoms with Crippen molar-refractivity contribution >= 4 is 34.2 Å². The van der Waals surface area contributed by atoms with E-state index in [9.17, 15) is 9.90 Å². The molecule has 0 aliphatic heterocycles. The molecule has 0 spiro atoms. The molecule has 0 amide bonds. The van der Waals surface area contributed by atoms with Gasteiger partial charge >= 0.3 is 0 Å². The van der Waals surface area contributed by atoms with Crippen LogP contribution in [-0.2, 0) is 4.75 Å². The summed E-state index contributed by atoms with van der Waals surface area (Å²) >= 11 is 2.94. The number of carbonyl (C=O) groups excluding carboxylic acids is 1. The summed E-state index contributed by atoms with van der Waals surface area (Å²) < 4.78 is -0.371. The smallest absolute Gasteiger partial charge is 0.183 e. The molecule has 4 aromatic rings. The Morgan fingerprint density at radius 2 is 1.35 bits per heavy atom. The highest BCUT2D eigenvalue weighted by molar-refractivity contribution is 8.00. The fraction of sp³-hybridized carbons (Fsp3) is 0.120. The lowest BCUT2D eigenvalue weighted by atomic mass is 9.84. The molecule has 0 radical (unpaired) electrons. The SMILES string of the molecule is O=C([O-])c1cnc(NCCSC(c2ccccc2)(c2ccccc2)c2ccccc2)s1. The zero-order valence-electron chi connectivity index (χ0n) is 16.7. The highest BCUT2D eigenvalue weighted by Gasteiger charge is 2.36. The van der Waals surface area contributed by atoms with Crippen LogP contribution in [0.3, 0.4) is 0 Å². The van der Waals surface area contributed by atoms with Gasteiger partial charge in [0, 0.05) is 18.5 Å². The zero-order valence-corrected chi connectivity index (χ0v) is 18.4. The van der Waals surface area contributed by atoms with Gasteiger partial charge in [0.1, 0.15) is 0 Å². The van der Waals surface area contributed by atoms with Crippen LogP contribution >= 0.6 is 23.1 Å². The number of rotatable bonds is 9. The molecule has 4 nitrogen and oxygen atoms in total. The van der Waals surface area contributed by atoms with Crippen molar-refractivity contribution in [2.45, 2.75) is 4.75 Å². The Morgan fingerprint density at radius 3 is 1.77 bits per heavy atom. The molecule has 0 saturated heterocycles. The van der Waals surface area contributed by atoms with Crippen molar-refractivity contribution in [2.75, 3.05) is 17.6 Å². The third-order valence-electron chi connectivity index (χ3n) is 4.94. The number of aromatic carboxylic acids is 1. The van der Waals surface area contributed by atoms with E-state index in [1.807, 2.05) is 30.0 Å². The first kappa shape index (κ1) is 21.2. The van der Waals surface area contributed by atoms with Crippen LogP contribution in [0.2, 0.25) is 0 Å². The summed E-state index contributed by atoms with van der Waals surface area (Å²) in [5.74, 6) is -0.407. The third kappa shape index (κ3) is 4.65. The predicted octanol–water partition coefficient (Wildman–Crippen LogP) is 4.64. The maximum absolute atomic E-state index is 11.0. The lowest BCUT2D eigenvalue weighted by Gasteiger charge is -2.35. The molecule has 3 aromatic carbocycles. The van der Waals surface area contributed by atoms with Gasteiger partial charge < -0.3 is 15.2 Å². The largest absolute Gasteiger partial charge is 0.544 e. The van der Waals surface area contributed by atoms with Gasteiger partial charge in [0.15, 0.2) is 5.13 Å². The highest BCUT2D eigenvalue weighted by atomic mass is 32.2. The molecule has 0 bridgehead atoms. The highest BCUT2D eigenvalue weighted by Crippen LogP contribution is 2.48. The minimum atomic E-state index is -1.20. The van der Waals surface area contributed by atoms with Crippen LogP contribution in [-0.4, -0.2) is 23.3 Å². The fourth-order valence-corrected chi connectivity index (χ4v) is 5.68. The summed E-state index contributed by atoms with van der Waals surface area (Å²) in [5, 5.41) is 14.8. The second kappa shape index (κ2) is 9.81. The number of carbonyl (C=O) groups is 1. The first-order valence-electron chi connectivity index (χ1n) is 9.92. The number of nitrogens with one attached hydrogen (secondary N) is 1. The summed E-state index contributed by atoms with van der Waals surface area (Å²) in [6.45, 7) is 0.652. The first-order valence-corrected chi connectivity index (χ1v) is 11.7. The quantitative estimate of drug-likeness (QED) is 0.300. The second-order valence-corrected chi connectivity index (χ2v) is 9.21. The Morgan fingerprint density at radius 1 is 0.871 bits per heavy atom. The number of benzene rings is 3. The van der Waals surface area contributed by atoms with Crippen LogP contribution in [0.4, 0.5) is 5.13 Å². The normalized spacial score (nSPS) is 11.2. The summed E-state index contributed by atoms with van der Waals surface area (Å²) in [6.07, 6.45) is 1.33. The van der Waals surface area contributed by atoms with Gasteiger partial charge in [-0.05, 0) is 16.7 Å². The molecule has 6 heteroatoms. The number of aromatic nitrogens is 1. The number of nitrogens with zero attached hydrogens (tertiary/aromatic N) is 1. The molecule has 1 N–H and O–H groups in total. The van der Waals surface area contributed by atoms with Crippen molar-refractivity contribution in [1.29, 1.82) is 0 Å². The maximum Gasteiger partial charge on any atom is 0.183 e. The Kier molecular flexibility index (Phi) is 6.70. The standard InChI is InChI=1S/C25H22N2O2S2/c28-23(29)22-18-27-24(31-22)26-16-17-30-25(19-10-4-1-5-11-19,20-12-6-2-7-13-20)21-14-8-3-9-15-21/h1-15,18H,16-17H2,(H,26,27)(H,28,29)/p-1. The van der Waals surface area contributed by atoms with Crippen LogP contribution in [0.15, 0.2) is 97.2 Å². The molecule has 1 heterocycles. The van der Waals surface area contributed by atoms with E-state index >= 15 is 0 Å². The number of hydrogen-bond acceptors (Lipinski definition) is 6. The van der Waals surface area contributed by atoms with E-state index in [1.54, 1.807) is 0 Å². The Balaban J connectivity index is 1.64. The van der Waals surface area contributed by atoms with Crippen LogP contribution < -0.4 is 10.4 Å². The zero-order chi connectivity index (χ0) is 21.5. The number of anilines is 1. The minimum absolute atomic E-state index is 0.127. The second-order valence-electron chi connectivity index (χ2n) is 6.87. The van der Waals surface area contributed by atoms with Crippen molar-refractivity contribution in [3.05, 3.63) is 119 Å². The molecular weight excluding hydrogens is 424 g/mol. The fourth-order valence-electron chi connectivity index (χ4n) is 3.58. The number of carboxylic acid groups (broad SMARTS) is 1. The summed E-state index contributed by atoms with van der Waals surface area (Å²) in [5.41, 5.74) is 3.64. The van der Waals surface area contributed by atoms with Gasteiger partial charge in [-0.1, -0.05) is 102 Å². The van der Waals surface area contributed by atoms with E-state index in [0.717, 1.165) is 17.1 Å². The monoisotopic (exact) mass is 445 g/mol. The van der Waals surface area contributed by atoms with E-state index in [2.05, 4.69) is 83.1 Å². The molecule has 0 fully saturated rings. The van der Waals surface area contributed by atoms with Crippen molar-refractivity contribution < 1.29 is 9.90 Å². The van der Waals surface area contributed by atoms with Crippen molar-refractivity contribution in [3.8, 4) is 0 Å². The van der Waals surface area contributed by atoms with Gasteiger partial charge in [0.25, 0.3) is 0 Å². The lowest BCUT2D eigenvalue weighted by molar-refractivity contribution is -0.254. The van der Waals surface area contributed by atoms with Crippen LogP contribution in [0.25, 0.3) is 0 Å². The topological polar surface area (TPSA) is 65.0 Å². The van der Waals surface area contributed by atoms with E-state index in [0.29, 0.717) is 11.7 Å². The first-order chi connectivity index (χ1) is 15.2. The van der Waals surface area contributed by atoms with Crippen LogP contribution in [0.1, 0.15) is 26.4 Å². The van der Waals surface area contributed by atoms with Crippen molar-refractivity contribution in [1.82, 2.24) is 4.98 Å². The van der Waals surface area contributed by atoms with E-state index in [4.69, 9.17) is 0 Å². The molecule has 0 atom stereocenters. The van der Waals surface area contributed by atoms with E-state index in [-0.39, 0.29) is 9.62 Å². The Bertz CT molecular complexity index is 1020. The lowest BCUT2D eigenvalue weighted by Crippen LogP contribution is -2.27. The molecule has 0 aliphatic rings. The Hall–Kier alpha value is -3.09. The van der Waals surface area contributed by atoms with Gasteiger partial charge in [-0.2, -0.15) is 0 Å². The molecule has 0 unspecified atom stereocenters. The number of thioether (sulfide) groups is 1. The summed E-state index contributed by atoms with van der Waals surface area (Å²) in [6, 6.07) is 31.6. The molecule has 4 rings (SSSR count). The molecule has 31 heavy (non-hydrogen) atoms. The van der Waals surface area contributed by atoms with Crippen molar-refractivity contribution in [2.24, 2.45) is 0 Å². The molecular formula is C25H21N2O2S2-. The number of hydrogen-bond donors (Lipinski definition) is 1. The average Bonchev–Trinajstić information content (AvgIpc) is 3.31. The van der Waals surface area contributed by atoms with Gasteiger partial charge in [-0.3, -0.25) is 0 Å². The minimum Gasteiger partial charge on any atom is -0.544 e. The third-order valence-corrected chi connectivity index (χ3v) is 7.43. The molecule has 156 valence electrons. The van der Waals surface area contributed by atoms with Crippen molar-refractivity contribution in [3.63, 3.8) is 0 Å². The summed E-state index contributed by atoms with van der Waals surface area (Å²) in [7, 11) is 0. The Labute approximate surface area is 190 Å². The molecule has 0 saturated carbocycles.